The van der Waals surface area contributed by atoms with E-state index < -0.39 is 36.7 Å². The first-order valence-corrected chi connectivity index (χ1v) is 5.84. The predicted octanol–water partition coefficient (Wildman–Crippen LogP) is -0.625. The van der Waals surface area contributed by atoms with Crippen LogP contribution in [0.3, 0.4) is 0 Å². The molecule has 0 amide bonds. The van der Waals surface area contributed by atoms with Gasteiger partial charge in [-0.1, -0.05) is 13.5 Å². The summed E-state index contributed by atoms with van der Waals surface area (Å²) in [4.78, 5) is 11.0. The van der Waals surface area contributed by atoms with E-state index in [0.29, 0.717) is 6.42 Å². The molecule has 0 bridgehead atoms. The molecule has 7 nitrogen and oxygen atoms in total. The molecule has 0 aromatic heterocycles. The van der Waals surface area contributed by atoms with Crippen LogP contribution in [0.25, 0.3) is 0 Å². The molecule has 108 valence electrons. The summed E-state index contributed by atoms with van der Waals surface area (Å²) in [6.45, 7) is 4.93. The fourth-order valence-corrected chi connectivity index (χ4v) is 1.69. The number of hydrogen-bond donors (Lipinski definition) is 4. The largest absolute Gasteiger partial charge is 0.510 e. The highest BCUT2D eigenvalue weighted by Gasteiger charge is 2.48. The maximum Gasteiger partial charge on any atom is 0.332 e. The van der Waals surface area contributed by atoms with Crippen molar-refractivity contribution >= 4 is 5.97 Å². The van der Waals surface area contributed by atoms with Crippen LogP contribution in [-0.2, 0) is 14.3 Å². The van der Waals surface area contributed by atoms with Crippen molar-refractivity contribution in [3.8, 4) is 0 Å². The molecular weight excluding hydrogens is 256 g/mol. The van der Waals surface area contributed by atoms with E-state index in [1.54, 1.807) is 6.92 Å². The number of rotatable bonds is 5. The maximum absolute atomic E-state index is 11.0. The van der Waals surface area contributed by atoms with Crippen LogP contribution in [0, 0.1) is 0 Å². The molecule has 1 heterocycles. The average Bonchev–Trinajstić information content (AvgIpc) is 2.66. The molecule has 19 heavy (non-hydrogen) atoms. The number of aliphatic hydroxyl groups excluding tert-OH is 4. The third kappa shape index (κ3) is 3.54. The van der Waals surface area contributed by atoms with Crippen molar-refractivity contribution in [1.82, 2.24) is 0 Å². The van der Waals surface area contributed by atoms with E-state index in [2.05, 4.69) is 11.3 Å². The van der Waals surface area contributed by atoms with Gasteiger partial charge in [0.1, 0.15) is 30.2 Å². The molecule has 0 aromatic carbocycles. The fourth-order valence-electron chi connectivity index (χ4n) is 1.69. The Morgan fingerprint density at radius 1 is 1.47 bits per heavy atom. The van der Waals surface area contributed by atoms with E-state index in [1.807, 2.05) is 0 Å². The SMILES string of the molecule is C=CC(=O)O[C@H]1O[C@H]([C@H](O)C(O)=CCC)[C@H](O)[C@@H]1O. The number of aliphatic hydroxyl groups is 4. The lowest BCUT2D eigenvalue weighted by Gasteiger charge is -2.20. The Hall–Kier alpha value is -1.41. The minimum atomic E-state index is -1.52. The van der Waals surface area contributed by atoms with Crippen LogP contribution in [0.5, 0.6) is 0 Å². The molecule has 0 unspecified atom stereocenters. The topological polar surface area (TPSA) is 116 Å². The van der Waals surface area contributed by atoms with E-state index in [0.717, 1.165) is 6.08 Å². The first-order chi connectivity index (χ1) is 8.92. The van der Waals surface area contributed by atoms with Crippen molar-refractivity contribution in [2.45, 2.75) is 44.1 Å². The summed E-state index contributed by atoms with van der Waals surface area (Å²) >= 11 is 0. The summed E-state index contributed by atoms with van der Waals surface area (Å²) in [7, 11) is 0. The highest BCUT2D eigenvalue weighted by Crippen LogP contribution is 2.26. The summed E-state index contributed by atoms with van der Waals surface area (Å²) in [6.07, 6.45) is -4.55. The quantitative estimate of drug-likeness (QED) is 0.300. The van der Waals surface area contributed by atoms with Crippen molar-refractivity contribution < 1.29 is 34.7 Å². The highest BCUT2D eigenvalue weighted by atomic mass is 16.7. The van der Waals surface area contributed by atoms with Crippen LogP contribution in [0.15, 0.2) is 24.5 Å². The van der Waals surface area contributed by atoms with Gasteiger partial charge in [-0.15, -0.1) is 0 Å². The first-order valence-electron chi connectivity index (χ1n) is 5.84. The van der Waals surface area contributed by atoms with Crippen LogP contribution < -0.4 is 0 Å². The predicted molar refractivity (Wildman–Crippen MR) is 64.0 cm³/mol. The fraction of sp³-hybridized carbons (Fsp3) is 0.583. The second kappa shape index (κ2) is 6.67. The normalized spacial score (nSPS) is 32.9. The van der Waals surface area contributed by atoms with Gasteiger partial charge in [0, 0.05) is 6.08 Å². The Morgan fingerprint density at radius 2 is 2.11 bits per heavy atom. The standard InChI is InChI=1S/C12H18O7/c1-3-5-6(13)8(15)11-9(16)10(17)12(19-11)18-7(14)4-2/h4-5,8-13,15-17H,2-3H2,1H3/t8-,9-,10+,11-,12+/m1/s1. The Labute approximate surface area is 110 Å². The van der Waals surface area contributed by atoms with E-state index in [-0.39, 0.29) is 5.76 Å². The molecule has 1 fully saturated rings. The minimum Gasteiger partial charge on any atom is -0.510 e. The van der Waals surface area contributed by atoms with E-state index in [9.17, 15) is 25.2 Å². The van der Waals surface area contributed by atoms with Gasteiger partial charge in [-0.05, 0) is 12.5 Å². The van der Waals surface area contributed by atoms with Gasteiger partial charge < -0.3 is 29.9 Å². The molecule has 0 saturated carbocycles. The van der Waals surface area contributed by atoms with Crippen LogP contribution in [0.2, 0.25) is 0 Å². The summed E-state index contributed by atoms with van der Waals surface area (Å²) in [6, 6.07) is 0. The van der Waals surface area contributed by atoms with Crippen molar-refractivity contribution in [2.24, 2.45) is 0 Å². The van der Waals surface area contributed by atoms with Gasteiger partial charge in [-0.3, -0.25) is 0 Å². The molecule has 0 radical (unpaired) electrons. The lowest BCUT2D eigenvalue weighted by Crippen LogP contribution is -2.39. The van der Waals surface area contributed by atoms with E-state index in [1.165, 1.54) is 6.08 Å². The molecule has 1 saturated heterocycles. The molecule has 0 spiro atoms. The van der Waals surface area contributed by atoms with Crippen molar-refractivity contribution in [1.29, 1.82) is 0 Å². The van der Waals surface area contributed by atoms with Crippen molar-refractivity contribution in [3.63, 3.8) is 0 Å². The number of carbonyl (C=O) groups excluding carboxylic acids is 1. The second-order valence-electron chi connectivity index (χ2n) is 4.07. The number of hydrogen-bond acceptors (Lipinski definition) is 7. The van der Waals surface area contributed by atoms with E-state index >= 15 is 0 Å². The summed E-state index contributed by atoms with van der Waals surface area (Å²) in [5.41, 5.74) is 0. The molecule has 4 N–H and O–H groups in total. The van der Waals surface area contributed by atoms with Gasteiger partial charge in [0.05, 0.1) is 0 Å². The van der Waals surface area contributed by atoms with E-state index in [4.69, 9.17) is 4.74 Å². The molecule has 7 heteroatoms. The van der Waals surface area contributed by atoms with Gasteiger partial charge in [0.2, 0.25) is 6.29 Å². The highest BCUT2D eigenvalue weighted by molar-refractivity contribution is 5.81. The number of allylic oxidation sites excluding steroid dienone is 1. The molecule has 1 aliphatic heterocycles. The van der Waals surface area contributed by atoms with Crippen LogP contribution in [-0.4, -0.2) is 57.1 Å². The van der Waals surface area contributed by atoms with Gasteiger partial charge >= 0.3 is 5.97 Å². The van der Waals surface area contributed by atoms with Crippen LogP contribution in [0.1, 0.15) is 13.3 Å². The van der Waals surface area contributed by atoms with Gasteiger partial charge in [-0.25, -0.2) is 4.79 Å². The van der Waals surface area contributed by atoms with Gasteiger partial charge in [-0.2, -0.15) is 0 Å². The maximum atomic E-state index is 11.0. The van der Waals surface area contributed by atoms with Crippen LogP contribution in [0.4, 0.5) is 0 Å². The molecule has 1 rings (SSSR count). The molecule has 5 atom stereocenters. The molecule has 0 aromatic rings. The first kappa shape index (κ1) is 15.6. The molecule has 1 aliphatic rings. The van der Waals surface area contributed by atoms with Gasteiger partial charge in [0.15, 0.2) is 0 Å². The van der Waals surface area contributed by atoms with Crippen LogP contribution >= 0.6 is 0 Å². The lowest BCUT2D eigenvalue weighted by molar-refractivity contribution is -0.188. The lowest BCUT2D eigenvalue weighted by atomic mass is 10.0. The molecule has 0 aliphatic carbocycles. The summed E-state index contributed by atoms with van der Waals surface area (Å²) in [5, 5.41) is 38.6. The zero-order valence-electron chi connectivity index (χ0n) is 10.5. The Morgan fingerprint density at radius 3 is 2.63 bits per heavy atom. The summed E-state index contributed by atoms with van der Waals surface area (Å²) in [5.74, 6) is -1.21. The number of carbonyl (C=O) groups is 1. The van der Waals surface area contributed by atoms with Crippen molar-refractivity contribution in [2.75, 3.05) is 0 Å². The monoisotopic (exact) mass is 274 g/mol. The number of ether oxygens (including phenoxy) is 2. The smallest absolute Gasteiger partial charge is 0.332 e. The zero-order chi connectivity index (χ0) is 14.6. The Bertz CT molecular complexity index is 365. The Balaban J connectivity index is 2.75. The third-order valence-electron chi connectivity index (χ3n) is 2.68. The second-order valence-corrected chi connectivity index (χ2v) is 4.07. The average molecular weight is 274 g/mol. The number of esters is 1. The third-order valence-corrected chi connectivity index (χ3v) is 2.68. The minimum absolute atomic E-state index is 0.380. The molecular formula is C12H18O7. The Kier molecular flexibility index (Phi) is 5.49. The van der Waals surface area contributed by atoms with Gasteiger partial charge in [0.25, 0.3) is 0 Å². The summed E-state index contributed by atoms with van der Waals surface area (Å²) < 4.78 is 9.71. The van der Waals surface area contributed by atoms with Crippen molar-refractivity contribution in [3.05, 3.63) is 24.5 Å². The zero-order valence-corrected chi connectivity index (χ0v) is 10.5.